The van der Waals surface area contributed by atoms with Crippen LogP contribution in [0.1, 0.15) is 31.9 Å². The van der Waals surface area contributed by atoms with Crippen molar-refractivity contribution >= 4 is 34.4 Å². The Bertz CT molecular complexity index is 374. The second-order valence-corrected chi connectivity index (χ2v) is 5.19. The molecule has 4 nitrogen and oxygen atoms in total. The standard InChI is InChI=1S/C11H17IN4/c1-2-5-8-9(12)10(13)15-11(14-8)16-6-3-4-7-16/h2-7H2,1H3,(H2,13,14,15). The molecule has 2 N–H and O–H groups in total. The van der Waals surface area contributed by atoms with Gasteiger partial charge in [0.15, 0.2) is 0 Å². The summed E-state index contributed by atoms with van der Waals surface area (Å²) >= 11 is 2.24. The van der Waals surface area contributed by atoms with Crippen LogP contribution in [0.25, 0.3) is 0 Å². The smallest absolute Gasteiger partial charge is 0.227 e. The van der Waals surface area contributed by atoms with Crippen LogP contribution in [0.2, 0.25) is 0 Å². The lowest BCUT2D eigenvalue weighted by Crippen LogP contribution is -2.22. The average Bonchev–Trinajstić information content (AvgIpc) is 2.78. The average molecular weight is 332 g/mol. The van der Waals surface area contributed by atoms with Crippen molar-refractivity contribution < 1.29 is 0 Å². The molecule has 0 unspecified atom stereocenters. The van der Waals surface area contributed by atoms with Gasteiger partial charge in [-0.05, 0) is 41.9 Å². The van der Waals surface area contributed by atoms with E-state index in [0.717, 1.165) is 41.1 Å². The first-order chi connectivity index (χ1) is 7.72. The van der Waals surface area contributed by atoms with Gasteiger partial charge < -0.3 is 10.6 Å². The SMILES string of the molecule is CCCc1nc(N2CCCC2)nc(N)c1I. The van der Waals surface area contributed by atoms with Gasteiger partial charge in [-0.25, -0.2) is 4.98 Å². The molecule has 2 rings (SSSR count). The number of halogens is 1. The van der Waals surface area contributed by atoms with E-state index >= 15 is 0 Å². The third-order valence-corrected chi connectivity index (χ3v) is 3.98. The lowest BCUT2D eigenvalue weighted by Gasteiger charge is -2.17. The van der Waals surface area contributed by atoms with Crippen molar-refractivity contribution in [2.45, 2.75) is 32.6 Å². The summed E-state index contributed by atoms with van der Waals surface area (Å²) in [4.78, 5) is 11.2. The molecule has 1 aromatic rings. The van der Waals surface area contributed by atoms with Gasteiger partial charge in [-0.3, -0.25) is 0 Å². The van der Waals surface area contributed by atoms with Gasteiger partial charge in [0.2, 0.25) is 5.95 Å². The molecule has 0 amide bonds. The Kier molecular flexibility index (Phi) is 3.83. The molecule has 1 aromatic heterocycles. The van der Waals surface area contributed by atoms with Crippen LogP contribution in [0.5, 0.6) is 0 Å². The van der Waals surface area contributed by atoms with Gasteiger partial charge in [0.25, 0.3) is 0 Å². The van der Waals surface area contributed by atoms with E-state index in [0.29, 0.717) is 5.82 Å². The predicted molar refractivity (Wildman–Crippen MR) is 74.6 cm³/mol. The van der Waals surface area contributed by atoms with Gasteiger partial charge in [0, 0.05) is 13.1 Å². The van der Waals surface area contributed by atoms with E-state index in [2.05, 4.69) is 44.4 Å². The van der Waals surface area contributed by atoms with Crippen LogP contribution in [0.15, 0.2) is 0 Å². The largest absolute Gasteiger partial charge is 0.383 e. The second kappa shape index (κ2) is 5.16. The van der Waals surface area contributed by atoms with E-state index in [1.54, 1.807) is 0 Å². The Morgan fingerprint density at radius 1 is 1.31 bits per heavy atom. The van der Waals surface area contributed by atoms with E-state index in [4.69, 9.17) is 5.73 Å². The van der Waals surface area contributed by atoms with Crippen LogP contribution in [0.4, 0.5) is 11.8 Å². The highest BCUT2D eigenvalue weighted by atomic mass is 127. The third-order valence-electron chi connectivity index (χ3n) is 2.81. The minimum Gasteiger partial charge on any atom is -0.383 e. The van der Waals surface area contributed by atoms with Gasteiger partial charge in [-0.2, -0.15) is 4.98 Å². The fourth-order valence-electron chi connectivity index (χ4n) is 1.96. The number of rotatable bonds is 3. The summed E-state index contributed by atoms with van der Waals surface area (Å²) in [5.74, 6) is 1.44. The van der Waals surface area contributed by atoms with Crippen LogP contribution >= 0.6 is 22.6 Å². The van der Waals surface area contributed by atoms with Crippen LogP contribution in [-0.2, 0) is 6.42 Å². The number of nitrogens with two attached hydrogens (primary N) is 1. The molecule has 0 radical (unpaired) electrons. The summed E-state index contributed by atoms with van der Waals surface area (Å²) in [6, 6.07) is 0. The number of anilines is 2. The minimum absolute atomic E-state index is 0.626. The number of hydrogen-bond acceptors (Lipinski definition) is 4. The van der Waals surface area contributed by atoms with Crippen molar-refractivity contribution in [1.29, 1.82) is 0 Å². The Hall–Kier alpha value is -0.590. The Balaban J connectivity index is 2.31. The number of hydrogen-bond donors (Lipinski definition) is 1. The van der Waals surface area contributed by atoms with Crippen molar-refractivity contribution in [2.24, 2.45) is 0 Å². The van der Waals surface area contributed by atoms with Crippen LogP contribution in [0, 0.1) is 3.57 Å². The highest BCUT2D eigenvalue weighted by molar-refractivity contribution is 14.1. The maximum atomic E-state index is 5.93. The molecule has 1 saturated heterocycles. The summed E-state index contributed by atoms with van der Waals surface area (Å²) in [6.45, 7) is 4.28. The topological polar surface area (TPSA) is 55.0 Å². The van der Waals surface area contributed by atoms with Crippen molar-refractivity contribution in [2.75, 3.05) is 23.7 Å². The van der Waals surface area contributed by atoms with Gasteiger partial charge in [0.1, 0.15) is 5.82 Å². The maximum Gasteiger partial charge on any atom is 0.227 e. The zero-order chi connectivity index (χ0) is 11.5. The molecule has 0 spiro atoms. The normalized spacial score (nSPS) is 15.8. The summed E-state index contributed by atoms with van der Waals surface area (Å²) in [5, 5.41) is 0. The van der Waals surface area contributed by atoms with Crippen molar-refractivity contribution in [3.05, 3.63) is 9.26 Å². The Labute approximate surface area is 110 Å². The van der Waals surface area contributed by atoms with Crippen LogP contribution < -0.4 is 10.6 Å². The lowest BCUT2D eigenvalue weighted by atomic mass is 10.2. The van der Waals surface area contributed by atoms with E-state index < -0.39 is 0 Å². The van der Waals surface area contributed by atoms with Crippen molar-refractivity contribution in [3.63, 3.8) is 0 Å². The number of aryl methyl sites for hydroxylation is 1. The monoisotopic (exact) mass is 332 g/mol. The lowest BCUT2D eigenvalue weighted by molar-refractivity contribution is 0.834. The van der Waals surface area contributed by atoms with Gasteiger partial charge in [0.05, 0.1) is 9.26 Å². The molecule has 0 aliphatic carbocycles. The first-order valence-corrected chi connectivity index (χ1v) is 6.87. The van der Waals surface area contributed by atoms with Crippen LogP contribution in [0.3, 0.4) is 0 Å². The molecule has 1 aliphatic heterocycles. The molecule has 16 heavy (non-hydrogen) atoms. The van der Waals surface area contributed by atoms with Gasteiger partial charge in [-0.15, -0.1) is 0 Å². The first-order valence-electron chi connectivity index (χ1n) is 5.79. The molecule has 0 bridgehead atoms. The predicted octanol–water partition coefficient (Wildman–Crippen LogP) is 2.22. The number of nitrogen functional groups attached to an aromatic ring is 1. The molecule has 0 atom stereocenters. The third kappa shape index (κ3) is 2.39. The Morgan fingerprint density at radius 2 is 2.00 bits per heavy atom. The molecule has 5 heteroatoms. The van der Waals surface area contributed by atoms with E-state index in [1.165, 1.54) is 12.8 Å². The highest BCUT2D eigenvalue weighted by Crippen LogP contribution is 2.23. The zero-order valence-corrected chi connectivity index (χ0v) is 11.7. The Morgan fingerprint density at radius 3 is 2.62 bits per heavy atom. The molecular formula is C11H17IN4. The maximum absolute atomic E-state index is 5.93. The zero-order valence-electron chi connectivity index (χ0n) is 9.54. The summed E-state index contributed by atoms with van der Waals surface area (Å²) in [6.07, 6.45) is 4.54. The molecule has 2 heterocycles. The quantitative estimate of drug-likeness (QED) is 0.863. The van der Waals surface area contributed by atoms with Crippen LogP contribution in [-0.4, -0.2) is 23.1 Å². The number of aromatic nitrogens is 2. The summed E-state index contributed by atoms with van der Waals surface area (Å²) in [5.41, 5.74) is 7.03. The van der Waals surface area contributed by atoms with Crippen molar-refractivity contribution in [1.82, 2.24) is 9.97 Å². The number of nitrogens with zero attached hydrogens (tertiary/aromatic N) is 3. The molecule has 88 valence electrons. The second-order valence-electron chi connectivity index (χ2n) is 4.11. The van der Waals surface area contributed by atoms with Gasteiger partial charge >= 0.3 is 0 Å². The van der Waals surface area contributed by atoms with Crippen molar-refractivity contribution in [3.8, 4) is 0 Å². The molecule has 1 fully saturated rings. The van der Waals surface area contributed by atoms with E-state index in [-0.39, 0.29) is 0 Å². The molecule has 0 aromatic carbocycles. The highest BCUT2D eigenvalue weighted by Gasteiger charge is 2.17. The van der Waals surface area contributed by atoms with E-state index in [9.17, 15) is 0 Å². The minimum atomic E-state index is 0.626. The molecule has 1 aliphatic rings. The first kappa shape index (κ1) is 11.9. The summed E-state index contributed by atoms with van der Waals surface area (Å²) in [7, 11) is 0. The fraction of sp³-hybridized carbons (Fsp3) is 0.636. The molecular weight excluding hydrogens is 315 g/mol. The fourth-order valence-corrected chi connectivity index (χ4v) is 2.47. The van der Waals surface area contributed by atoms with Gasteiger partial charge in [-0.1, -0.05) is 13.3 Å². The van der Waals surface area contributed by atoms with E-state index in [1.807, 2.05) is 0 Å². The summed E-state index contributed by atoms with van der Waals surface area (Å²) < 4.78 is 1.02. The molecule has 0 saturated carbocycles.